The van der Waals surface area contributed by atoms with Crippen LogP contribution in [0.4, 0.5) is 0 Å². The quantitative estimate of drug-likeness (QED) is 0.698. The number of fused-ring (bicyclic) bond motifs is 1. The van der Waals surface area contributed by atoms with Crippen molar-refractivity contribution >= 4 is 10.9 Å². The van der Waals surface area contributed by atoms with E-state index in [1.165, 1.54) is 0 Å². The van der Waals surface area contributed by atoms with Crippen LogP contribution in [0, 0.1) is 0 Å². The van der Waals surface area contributed by atoms with Gasteiger partial charge in [0.2, 0.25) is 0 Å². The van der Waals surface area contributed by atoms with Crippen molar-refractivity contribution in [3.05, 3.63) is 48.3 Å². The van der Waals surface area contributed by atoms with Gasteiger partial charge in [-0.05, 0) is 25.1 Å². The van der Waals surface area contributed by atoms with Crippen LogP contribution in [0.2, 0.25) is 0 Å². The lowest BCUT2D eigenvalue weighted by molar-refractivity contribution is 0.666. The Morgan fingerprint density at radius 3 is 2.95 bits per heavy atom. The minimum atomic E-state index is 0.814. The molecular formula is C16H18N4. The zero-order chi connectivity index (χ0) is 13.8. The smallest absolute Gasteiger partial charge is 0.156 e. The molecule has 0 fully saturated rings. The van der Waals surface area contributed by atoms with Crippen molar-refractivity contribution in [1.29, 1.82) is 0 Å². The highest BCUT2D eigenvalue weighted by atomic mass is 15.0. The van der Waals surface area contributed by atoms with Crippen molar-refractivity contribution in [3.63, 3.8) is 0 Å². The van der Waals surface area contributed by atoms with E-state index in [0.717, 1.165) is 47.6 Å². The molecule has 0 aliphatic heterocycles. The van der Waals surface area contributed by atoms with E-state index in [2.05, 4.69) is 39.3 Å². The molecule has 3 rings (SSSR count). The molecule has 0 amide bonds. The Bertz CT molecular complexity index is 702. The lowest BCUT2D eigenvalue weighted by atomic mass is 10.2. The molecule has 0 bridgehead atoms. The summed E-state index contributed by atoms with van der Waals surface area (Å²) in [6.45, 7) is 3.99. The number of aromatic nitrogens is 3. The third kappa shape index (κ3) is 2.70. The van der Waals surface area contributed by atoms with E-state index < -0.39 is 0 Å². The third-order valence-corrected chi connectivity index (χ3v) is 3.21. The largest absolute Gasteiger partial charge is 0.339 e. The molecule has 0 radical (unpaired) electrons. The third-order valence-electron chi connectivity index (χ3n) is 3.21. The summed E-state index contributed by atoms with van der Waals surface area (Å²) in [7, 11) is 0. The van der Waals surface area contributed by atoms with Crippen LogP contribution >= 0.6 is 0 Å². The molecule has 0 saturated heterocycles. The number of H-pyrrole nitrogens is 1. The van der Waals surface area contributed by atoms with Crippen LogP contribution in [0.5, 0.6) is 0 Å². The van der Waals surface area contributed by atoms with Gasteiger partial charge in [-0.3, -0.25) is 0 Å². The number of hydrogen-bond acceptors (Lipinski definition) is 3. The number of imidazole rings is 1. The summed E-state index contributed by atoms with van der Waals surface area (Å²) in [6.07, 6.45) is 3.00. The number of nitrogens with one attached hydrogen (secondary N) is 2. The molecule has 0 aliphatic carbocycles. The summed E-state index contributed by atoms with van der Waals surface area (Å²) in [5.74, 6) is 0.823. The van der Waals surface area contributed by atoms with E-state index in [0.29, 0.717) is 0 Å². The number of aromatic amines is 1. The molecule has 4 nitrogen and oxygen atoms in total. The standard InChI is InChI=1S/C16H18N4/c1-2-9-17-10-13-11-18-16(19-13)15-8-7-12-5-3-4-6-14(12)20-15/h3-8,11,17H,2,9-10H2,1H3,(H,18,19). The van der Waals surface area contributed by atoms with Gasteiger partial charge in [0, 0.05) is 17.6 Å². The first-order valence-corrected chi connectivity index (χ1v) is 6.97. The second-order valence-electron chi connectivity index (χ2n) is 4.82. The lowest BCUT2D eigenvalue weighted by Gasteiger charge is -2.01. The van der Waals surface area contributed by atoms with E-state index in [9.17, 15) is 0 Å². The monoisotopic (exact) mass is 266 g/mol. The molecule has 102 valence electrons. The SMILES string of the molecule is CCCNCc1cnc(-c2ccc3ccccc3n2)[nH]1. The topological polar surface area (TPSA) is 53.6 Å². The summed E-state index contributed by atoms with van der Waals surface area (Å²) >= 11 is 0. The Labute approximate surface area is 118 Å². The van der Waals surface area contributed by atoms with E-state index in [-0.39, 0.29) is 0 Å². The highest BCUT2D eigenvalue weighted by Gasteiger charge is 2.05. The van der Waals surface area contributed by atoms with Crippen LogP contribution < -0.4 is 5.32 Å². The minimum Gasteiger partial charge on any atom is -0.339 e. The van der Waals surface area contributed by atoms with E-state index in [4.69, 9.17) is 0 Å². The molecule has 20 heavy (non-hydrogen) atoms. The molecule has 0 unspecified atom stereocenters. The Hall–Kier alpha value is -2.20. The molecule has 2 N–H and O–H groups in total. The number of nitrogens with zero attached hydrogens (tertiary/aromatic N) is 2. The zero-order valence-electron chi connectivity index (χ0n) is 11.6. The Morgan fingerprint density at radius 2 is 2.05 bits per heavy atom. The summed E-state index contributed by atoms with van der Waals surface area (Å²) < 4.78 is 0. The first-order valence-electron chi connectivity index (χ1n) is 6.97. The molecule has 0 saturated carbocycles. The predicted octanol–water partition coefficient (Wildman–Crippen LogP) is 3.12. The van der Waals surface area contributed by atoms with Crippen molar-refractivity contribution in [2.45, 2.75) is 19.9 Å². The Morgan fingerprint density at radius 1 is 1.15 bits per heavy atom. The second-order valence-corrected chi connectivity index (χ2v) is 4.82. The van der Waals surface area contributed by atoms with Crippen LogP contribution in [0.25, 0.3) is 22.4 Å². The first-order chi connectivity index (χ1) is 9.86. The summed E-state index contributed by atoms with van der Waals surface area (Å²) in [4.78, 5) is 12.4. The molecule has 2 heterocycles. The van der Waals surface area contributed by atoms with E-state index >= 15 is 0 Å². The van der Waals surface area contributed by atoms with Gasteiger partial charge in [-0.15, -0.1) is 0 Å². The highest BCUT2D eigenvalue weighted by molar-refractivity contribution is 5.80. The van der Waals surface area contributed by atoms with Crippen LogP contribution in [0.3, 0.4) is 0 Å². The van der Waals surface area contributed by atoms with Crippen molar-refractivity contribution in [2.75, 3.05) is 6.54 Å². The van der Waals surface area contributed by atoms with E-state index in [1.807, 2.05) is 30.5 Å². The van der Waals surface area contributed by atoms with Crippen molar-refractivity contribution in [2.24, 2.45) is 0 Å². The number of benzene rings is 1. The van der Waals surface area contributed by atoms with Crippen molar-refractivity contribution in [3.8, 4) is 11.5 Å². The fourth-order valence-electron chi connectivity index (χ4n) is 2.18. The second kappa shape index (κ2) is 5.84. The van der Waals surface area contributed by atoms with Crippen LogP contribution in [0.1, 0.15) is 19.0 Å². The van der Waals surface area contributed by atoms with Gasteiger partial charge < -0.3 is 10.3 Å². The van der Waals surface area contributed by atoms with Gasteiger partial charge in [-0.2, -0.15) is 0 Å². The summed E-state index contributed by atoms with van der Waals surface area (Å²) in [6, 6.07) is 12.2. The molecule has 0 aliphatic rings. The van der Waals surface area contributed by atoms with Gasteiger partial charge in [0.05, 0.1) is 11.7 Å². The Kier molecular flexibility index (Phi) is 3.74. The molecule has 0 atom stereocenters. The molecular weight excluding hydrogens is 248 g/mol. The molecule has 1 aromatic carbocycles. The Balaban J connectivity index is 1.83. The van der Waals surface area contributed by atoms with Crippen LogP contribution in [0.15, 0.2) is 42.6 Å². The molecule has 0 spiro atoms. The van der Waals surface area contributed by atoms with Gasteiger partial charge in [0.15, 0.2) is 5.82 Å². The predicted molar refractivity (Wildman–Crippen MR) is 81.3 cm³/mol. The normalized spacial score (nSPS) is 11.1. The number of rotatable bonds is 5. The molecule has 3 aromatic rings. The minimum absolute atomic E-state index is 0.814. The molecule has 2 aromatic heterocycles. The maximum absolute atomic E-state index is 4.64. The van der Waals surface area contributed by atoms with Gasteiger partial charge in [0.1, 0.15) is 5.69 Å². The number of hydrogen-bond donors (Lipinski definition) is 2. The van der Waals surface area contributed by atoms with Crippen LogP contribution in [-0.2, 0) is 6.54 Å². The van der Waals surface area contributed by atoms with Gasteiger partial charge >= 0.3 is 0 Å². The maximum Gasteiger partial charge on any atom is 0.156 e. The lowest BCUT2D eigenvalue weighted by Crippen LogP contribution is -2.13. The number of pyridine rings is 1. The average molecular weight is 266 g/mol. The average Bonchev–Trinajstić information content (AvgIpc) is 2.96. The number of para-hydroxylation sites is 1. The highest BCUT2D eigenvalue weighted by Crippen LogP contribution is 2.18. The maximum atomic E-state index is 4.64. The fraction of sp³-hybridized carbons (Fsp3) is 0.250. The first kappa shape index (κ1) is 12.8. The van der Waals surface area contributed by atoms with E-state index in [1.54, 1.807) is 0 Å². The summed E-state index contributed by atoms with van der Waals surface area (Å²) in [5.41, 5.74) is 2.96. The van der Waals surface area contributed by atoms with Crippen LogP contribution in [-0.4, -0.2) is 21.5 Å². The van der Waals surface area contributed by atoms with Gasteiger partial charge in [-0.25, -0.2) is 9.97 Å². The fourth-order valence-corrected chi connectivity index (χ4v) is 2.18. The van der Waals surface area contributed by atoms with Crippen molar-refractivity contribution < 1.29 is 0 Å². The summed E-state index contributed by atoms with van der Waals surface area (Å²) in [5, 5.41) is 4.50. The van der Waals surface area contributed by atoms with Gasteiger partial charge in [-0.1, -0.05) is 31.2 Å². The van der Waals surface area contributed by atoms with Crippen molar-refractivity contribution in [1.82, 2.24) is 20.3 Å². The van der Waals surface area contributed by atoms with Gasteiger partial charge in [0.25, 0.3) is 0 Å². The zero-order valence-corrected chi connectivity index (χ0v) is 11.6. The molecule has 4 heteroatoms.